The highest BCUT2D eigenvalue weighted by atomic mass is 79.9. The molecule has 1 aromatic rings. The molecule has 2 nitrogen and oxygen atoms in total. The predicted octanol–water partition coefficient (Wildman–Crippen LogP) is 2.30. The molecule has 2 rings (SSSR count). The first-order valence-electron chi connectivity index (χ1n) is 4.48. The van der Waals surface area contributed by atoms with E-state index in [1.54, 1.807) is 11.3 Å². The highest BCUT2D eigenvalue weighted by Gasteiger charge is 2.22. The first-order chi connectivity index (χ1) is 6.31. The molecule has 1 atom stereocenters. The molecule has 1 aliphatic heterocycles. The Morgan fingerprint density at radius 2 is 2.46 bits per heavy atom. The molecule has 4 heteroatoms. The van der Waals surface area contributed by atoms with Crippen molar-refractivity contribution >= 4 is 33.0 Å². The Morgan fingerprint density at radius 3 is 3.00 bits per heavy atom. The van der Waals surface area contributed by atoms with Crippen molar-refractivity contribution in [2.45, 2.75) is 6.42 Å². The zero-order valence-electron chi connectivity index (χ0n) is 7.37. The Labute approximate surface area is 90.9 Å². The third-order valence-electron chi connectivity index (χ3n) is 2.56. The molecular weight excluding hydrogens is 248 g/mol. The van der Waals surface area contributed by atoms with Gasteiger partial charge < -0.3 is 10.6 Å². The van der Waals surface area contributed by atoms with Gasteiger partial charge in [0, 0.05) is 23.8 Å². The van der Waals surface area contributed by atoms with E-state index in [9.17, 15) is 0 Å². The molecule has 1 unspecified atom stereocenters. The fourth-order valence-corrected chi connectivity index (χ4v) is 3.30. The number of halogens is 1. The minimum absolute atomic E-state index is 0.687. The summed E-state index contributed by atoms with van der Waals surface area (Å²) in [5.41, 5.74) is 6.99. The van der Waals surface area contributed by atoms with E-state index in [2.05, 4.69) is 31.6 Å². The van der Waals surface area contributed by atoms with Crippen LogP contribution in [-0.4, -0.2) is 19.6 Å². The Kier molecular flexibility index (Phi) is 2.91. The lowest BCUT2D eigenvalue weighted by Gasteiger charge is -2.17. The van der Waals surface area contributed by atoms with Crippen LogP contribution in [0.4, 0.5) is 5.69 Å². The van der Waals surface area contributed by atoms with Crippen molar-refractivity contribution in [1.29, 1.82) is 0 Å². The molecule has 0 saturated carbocycles. The summed E-state index contributed by atoms with van der Waals surface area (Å²) < 4.78 is 1.22. The molecule has 1 aliphatic rings. The molecule has 2 N–H and O–H groups in total. The third kappa shape index (κ3) is 1.90. The topological polar surface area (TPSA) is 29.3 Å². The lowest BCUT2D eigenvalue weighted by molar-refractivity contribution is 0.602. The lowest BCUT2D eigenvalue weighted by Crippen LogP contribution is -2.22. The lowest BCUT2D eigenvalue weighted by atomic mass is 10.1. The first-order valence-corrected chi connectivity index (χ1v) is 6.21. The van der Waals surface area contributed by atoms with Crippen molar-refractivity contribution < 1.29 is 0 Å². The largest absolute Gasteiger partial charge is 0.370 e. The quantitative estimate of drug-likeness (QED) is 0.885. The maximum Gasteiger partial charge on any atom is 0.0619 e. The van der Waals surface area contributed by atoms with Crippen molar-refractivity contribution in [3.63, 3.8) is 0 Å². The highest BCUT2D eigenvalue weighted by Crippen LogP contribution is 2.33. The molecular formula is C9H13BrN2S. The van der Waals surface area contributed by atoms with E-state index in [0.29, 0.717) is 5.92 Å². The number of hydrogen-bond acceptors (Lipinski definition) is 3. The molecule has 0 spiro atoms. The molecule has 72 valence electrons. The van der Waals surface area contributed by atoms with Crippen LogP contribution in [0.1, 0.15) is 6.42 Å². The Morgan fingerprint density at radius 1 is 1.62 bits per heavy atom. The average molecular weight is 261 g/mol. The monoisotopic (exact) mass is 260 g/mol. The number of hydrogen-bond donors (Lipinski definition) is 1. The van der Waals surface area contributed by atoms with E-state index < -0.39 is 0 Å². The van der Waals surface area contributed by atoms with Crippen LogP contribution in [0.25, 0.3) is 0 Å². The van der Waals surface area contributed by atoms with Gasteiger partial charge in [0.25, 0.3) is 0 Å². The average Bonchev–Trinajstić information content (AvgIpc) is 2.71. The van der Waals surface area contributed by atoms with Gasteiger partial charge in [-0.2, -0.15) is 0 Å². The van der Waals surface area contributed by atoms with Crippen molar-refractivity contribution in [2.75, 3.05) is 24.5 Å². The van der Waals surface area contributed by atoms with Gasteiger partial charge in [0.1, 0.15) is 0 Å². The summed E-state index contributed by atoms with van der Waals surface area (Å²) in [7, 11) is 0. The number of nitrogens with zero attached hydrogens (tertiary/aromatic N) is 1. The predicted molar refractivity (Wildman–Crippen MR) is 61.4 cm³/mol. The second kappa shape index (κ2) is 3.98. The molecule has 13 heavy (non-hydrogen) atoms. The summed E-state index contributed by atoms with van der Waals surface area (Å²) in [6.07, 6.45) is 1.23. The van der Waals surface area contributed by atoms with Crippen molar-refractivity contribution in [3.05, 3.63) is 15.2 Å². The van der Waals surface area contributed by atoms with Crippen LogP contribution in [0, 0.1) is 5.92 Å². The van der Waals surface area contributed by atoms with Crippen LogP contribution in [0.2, 0.25) is 0 Å². The van der Waals surface area contributed by atoms with Gasteiger partial charge in [0.15, 0.2) is 0 Å². The van der Waals surface area contributed by atoms with Gasteiger partial charge in [0.2, 0.25) is 0 Å². The SMILES string of the molecule is NCC1CCN(c2cscc2Br)C1. The molecule has 1 aromatic heterocycles. The summed E-state index contributed by atoms with van der Waals surface area (Å²) in [5.74, 6) is 0.687. The van der Waals surface area contributed by atoms with Gasteiger partial charge in [-0.1, -0.05) is 0 Å². The molecule has 1 fully saturated rings. The maximum atomic E-state index is 5.65. The van der Waals surface area contributed by atoms with Gasteiger partial charge in [-0.25, -0.2) is 0 Å². The van der Waals surface area contributed by atoms with Gasteiger partial charge in [-0.3, -0.25) is 0 Å². The molecule has 0 aromatic carbocycles. The van der Waals surface area contributed by atoms with Crippen LogP contribution in [-0.2, 0) is 0 Å². The van der Waals surface area contributed by atoms with Crippen molar-refractivity contribution in [1.82, 2.24) is 0 Å². The van der Waals surface area contributed by atoms with Crippen LogP contribution in [0.15, 0.2) is 15.2 Å². The summed E-state index contributed by atoms with van der Waals surface area (Å²) in [4.78, 5) is 2.41. The number of rotatable bonds is 2. The fraction of sp³-hybridized carbons (Fsp3) is 0.556. The summed E-state index contributed by atoms with van der Waals surface area (Å²) in [6.45, 7) is 3.08. The van der Waals surface area contributed by atoms with Crippen LogP contribution >= 0.6 is 27.3 Å². The maximum absolute atomic E-state index is 5.65. The van der Waals surface area contributed by atoms with Crippen LogP contribution in [0.3, 0.4) is 0 Å². The Hall–Kier alpha value is -0.0600. The zero-order valence-corrected chi connectivity index (χ0v) is 9.77. The molecule has 2 heterocycles. The van der Waals surface area contributed by atoms with Crippen LogP contribution in [0.5, 0.6) is 0 Å². The van der Waals surface area contributed by atoms with Gasteiger partial charge in [0.05, 0.1) is 10.2 Å². The Bertz CT molecular complexity index is 287. The van der Waals surface area contributed by atoms with Gasteiger partial charge in [-0.05, 0) is 34.8 Å². The molecule has 0 aliphatic carbocycles. The molecule has 1 saturated heterocycles. The summed E-state index contributed by atoms with van der Waals surface area (Å²) >= 11 is 5.30. The second-order valence-electron chi connectivity index (χ2n) is 3.44. The highest BCUT2D eigenvalue weighted by molar-refractivity contribution is 9.10. The van der Waals surface area contributed by atoms with E-state index in [1.165, 1.54) is 16.6 Å². The zero-order chi connectivity index (χ0) is 9.26. The number of thiophene rings is 1. The smallest absolute Gasteiger partial charge is 0.0619 e. The standard InChI is InChI=1S/C9H13BrN2S/c10-8-5-13-6-9(8)12-2-1-7(3-11)4-12/h5-7H,1-4,11H2. The van der Waals surface area contributed by atoms with Gasteiger partial charge in [-0.15, -0.1) is 11.3 Å². The van der Waals surface area contributed by atoms with Crippen LogP contribution < -0.4 is 10.6 Å². The summed E-state index contributed by atoms with van der Waals surface area (Å²) in [5, 5.41) is 4.33. The van der Waals surface area contributed by atoms with E-state index >= 15 is 0 Å². The number of anilines is 1. The van der Waals surface area contributed by atoms with Crippen molar-refractivity contribution in [2.24, 2.45) is 11.7 Å². The minimum atomic E-state index is 0.687. The van der Waals surface area contributed by atoms with Crippen molar-refractivity contribution in [3.8, 4) is 0 Å². The van der Waals surface area contributed by atoms with Gasteiger partial charge >= 0.3 is 0 Å². The number of nitrogens with two attached hydrogens (primary N) is 1. The van der Waals surface area contributed by atoms with E-state index in [4.69, 9.17) is 5.73 Å². The molecule has 0 radical (unpaired) electrons. The third-order valence-corrected chi connectivity index (χ3v) is 4.23. The fourth-order valence-electron chi connectivity index (χ4n) is 1.74. The van der Waals surface area contributed by atoms with E-state index in [1.807, 2.05) is 0 Å². The first kappa shape index (κ1) is 9.49. The minimum Gasteiger partial charge on any atom is -0.370 e. The summed E-state index contributed by atoms with van der Waals surface area (Å²) in [6, 6.07) is 0. The molecule has 0 bridgehead atoms. The normalized spacial score (nSPS) is 22.6. The van der Waals surface area contributed by atoms with E-state index in [-0.39, 0.29) is 0 Å². The van der Waals surface area contributed by atoms with E-state index in [0.717, 1.165) is 19.6 Å². The second-order valence-corrected chi connectivity index (χ2v) is 5.04. The Balaban J connectivity index is 2.08. The molecule has 0 amide bonds.